The van der Waals surface area contributed by atoms with Gasteiger partial charge in [0.15, 0.2) is 0 Å². The van der Waals surface area contributed by atoms with Gasteiger partial charge >= 0.3 is 0 Å². The number of hydrogen-bond acceptors (Lipinski definition) is 3. The molecule has 0 rings (SSSR count). The first kappa shape index (κ1) is 10.4. The van der Waals surface area contributed by atoms with Crippen molar-refractivity contribution < 1.29 is 5.11 Å². The first-order chi connectivity index (χ1) is 5.24. The molecular formula is C8H16N2O. The highest BCUT2D eigenvalue weighted by atomic mass is 16.3. The van der Waals surface area contributed by atoms with Crippen LogP contribution in [0.3, 0.4) is 0 Å². The lowest BCUT2D eigenvalue weighted by molar-refractivity contribution is 0.193. The molecule has 0 aromatic heterocycles. The molecule has 0 aliphatic rings. The van der Waals surface area contributed by atoms with E-state index < -0.39 is 0 Å². The van der Waals surface area contributed by atoms with Crippen LogP contribution in [0.1, 0.15) is 13.8 Å². The first-order valence-corrected chi connectivity index (χ1v) is 3.97. The van der Waals surface area contributed by atoms with Crippen molar-refractivity contribution in [3.8, 4) is 6.07 Å². The standard InChI is InChI=1S/C8H16N2O/c1-3-10(4-5-11)7-8(2)6-9/h8,11H,3-5,7H2,1-2H3. The van der Waals surface area contributed by atoms with Crippen molar-refractivity contribution in [3.63, 3.8) is 0 Å². The number of likely N-dealkylation sites (N-methyl/N-ethyl adjacent to an activating group) is 1. The summed E-state index contributed by atoms with van der Waals surface area (Å²) in [6, 6.07) is 2.16. The van der Waals surface area contributed by atoms with Crippen molar-refractivity contribution in [1.82, 2.24) is 4.90 Å². The van der Waals surface area contributed by atoms with Crippen LogP contribution in [0.25, 0.3) is 0 Å². The summed E-state index contributed by atoms with van der Waals surface area (Å²) < 4.78 is 0. The Morgan fingerprint density at radius 3 is 2.64 bits per heavy atom. The molecule has 0 bridgehead atoms. The van der Waals surface area contributed by atoms with Crippen LogP contribution in [0.4, 0.5) is 0 Å². The van der Waals surface area contributed by atoms with Gasteiger partial charge < -0.3 is 10.0 Å². The van der Waals surface area contributed by atoms with Crippen molar-refractivity contribution in [3.05, 3.63) is 0 Å². The Balaban J connectivity index is 3.60. The summed E-state index contributed by atoms with van der Waals surface area (Å²) in [7, 11) is 0. The van der Waals surface area contributed by atoms with E-state index in [1.54, 1.807) is 0 Å². The van der Waals surface area contributed by atoms with Crippen molar-refractivity contribution in [2.45, 2.75) is 13.8 Å². The summed E-state index contributed by atoms with van der Waals surface area (Å²) in [4.78, 5) is 2.06. The van der Waals surface area contributed by atoms with Gasteiger partial charge in [0, 0.05) is 13.1 Å². The van der Waals surface area contributed by atoms with E-state index in [1.807, 2.05) is 13.8 Å². The van der Waals surface area contributed by atoms with Gasteiger partial charge in [0.05, 0.1) is 18.6 Å². The molecule has 3 heteroatoms. The molecule has 0 amide bonds. The minimum atomic E-state index is 0.0569. The van der Waals surface area contributed by atoms with Crippen molar-refractivity contribution in [2.75, 3.05) is 26.2 Å². The van der Waals surface area contributed by atoms with E-state index in [1.165, 1.54) is 0 Å². The molecule has 0 heterocycles. The lowest BCUT2D eigenvalue weighted by Crippen LogP contribution is -2.30. The van der Waals surface area contributed by atoms with Crippen LogP contribution in [0.5, 0.6) is 0 Å². The lowest BCUT2D eigenvalue weighted by Gasteiger charge is -2.19. The van der Waals surface area contributed by atoms with Crippen LogP contribution in [0.2, 0.25) is 0 Å². The van der Waals surface area contributed by atoms with Crippen LogP contribution in [0.15, 0.2) is 0 Å². The fraction of sp³-hybridized carbons (Fsp3) is 0.875. The van der Waals surface area contributed by atoms with Crippen LogP contribution in [-0.4, -0.2) is 36.2 Å². The fourth-order valence-corrected chi connectivity index (χ4v) is 0.948. The molecule has 0 saturated heterocycles. The van der Waals surface area contributed by atoms with Crippen molar-refractivity contribution >= 4 is 0 Å². The molecule has 11 heavy (non-hydrogen) atoms. The maximum Gasteiger partial charge on any atom is 0.0666 e. The zero-order chi connectivity index (χ0) is 8.69. The predicted molar refractivity (Wildman–Crippen MR) is 44.0 cm³/mol. The minimum Gasteiger partial charge on any atom is -0.395 e. The second-order valence-electron chi connectivity index (χ2n) is 2.65. The first-order valence-electron chi connectivity index (χ1n) is 3.97. The summed E-state index contributed by atoms with van der Waals surface area (Å²) >= 11 is 0. The van der Waals surface area contributed by atoms with Gasteiger partial charge in [-0.15, -0.1) is 0 Å². The molecule has 0 fully saturated rings. The molecule has 1 N–H and O–H groups in total. The molecule has 1 unspecified atom stereocenters. The Morgan fingerprint density at radius 1 is 1.64 bits per heavy atom. The topological polar surface area (TPSA) is 47.3 Å². The van der Waals surface area contributed by atoms with Crippen molar-refractivity contribution in [1.29, 1.82) is 5.26 Å². The Kier molecular flexibility index (Phi) is 5.81. The molecule has 0 aromatic carbocycles. The molecule has 0 aliphatic heterocycles. The van der Waals surface area contributed by atoms with Gasteiger partial charge in [-0.05, 0) is 13.5 Å². The van der Waals surface area contributed by atoms with Gasteiger partial charge in [0.25, 0.3) is 0 Å². The monoisotopic (exact) mass is 156 g/mol. The maximum atomic E-state index is 8.63. The predicted octanol–water partition coefficient (Wildman–Crippen LogP) is 0.460. The Morgan fingerprint density at radius 2 is 2.27 bits per heavy atom. The molecule has 0 radical (unpaired) electrons. The summed E-state index contributed by atoms with van der Waals surface area (Å²) in [6.45, 7) is 6.41. The summed E-state index contributed by atoms with van der Waals surface area (Å²) in [6.07, 6.45) is 0. The molecule has 3 nitrogen and oxygen atoms in total. The lowest BCUT2D eigenvalue weighted by atomic mass is 10.2. The molecular weight excluding hydrogens is 140 g/mol. The normalized spacial score (nSPS) is 13.0. The SMILES string of the molecule is CCN(CCO)CC(C)C#N. The van der Waals surface area contributed by atoms with Crippen LogP contribution in [-0.2, 0) is 0 Å². The third-order valence-electron chi connectivity index (χ3n) is 1.62. The van der Waals surface area contributed by atoms with Crippen LogP contribution in [0, 0.1) is 17.2 Å². The third kappa shape index (κ3) is 4.77. The van der Waals surface area contributed by atoms with E-state index in [9.17, 15) is 0 Å². The number of nitriles is 1. The second-order valence-corrected chi connectivity index (χ2v) is 2.65. The van der Waals surface area contributed by atoms with E-state index in [0.717, 1.165) is 13.1 Å². The fourth-order valence-electron chi connectivity index (χ4n) is 0.948. The smallest absolute Gasteiger partial charge is 0.0666 e. The highest BCUT2D eigenvalue weighted by molar-refractivity contribution is 4.80. The van der Waals surface area contributed by atoms with E-state index in [4.69, 9.17) is 10.4 Å². The number of hydrogen-bond donors (Lipinski definition) is 1. The summed E-state index contributed by atoms with van der Waals surface area (Å²) in [5.74, 6) is 0.0569. The average Bonchev–Trinajstić information content (AvgIpc) is 2.03. The third-order valence-corrected chi connectivity index (χ3v) is 1.62. The summed E-state index contributed by atoms with van der Waals surface area (Å²) in [5, 5.41) is 17.1. The molecule has 0 saturated carbocycles. The molecule has 1 atom stereocenters. The van der Waals surface area contributed by atoms with Gasteiger partial charge in [-0.25, -0.2) is 0 Å². The Hall–Kier alpha value is -0.590. The molecule has 0 aliphatic carbocycles. The largest absolute Gasteiger partial charge is 0.395 e. The van der Waals surface area contributed by atoms with E-state index in [0.29, 0.717) is 6.54 Å². The molecule has 0 spiro atoms. The average molecular weight is 156 g/mol. The quantitative estimate of drug-likeness (QED) is 0.629. The van der Waals surface area contributed by atoms with Crippen LogP contribution < -0.4 is 0 Å². The van der Waals surface area contributed by atoms with Gasteiger partial charge in [-0.1, -0.05) is 6.92 Å². The zero-order valence-corrected chi connectivity index (χ0v) is 7.25. The van der Waals surface area contributed by atoms with Crippen LogP contribution >= 0.6 is 0 Å². The van der Waals surface area contributed by atoms with Gasteiger partial charge in [-0.2, -0.15) is 5.26 Å². The van der Waals surface area contributed by atoms with Gasteiger partial charge in [0.2, 0.25) is 0 Å². The van der Waals surface area contributed by atoms with Gasteiger partial charge in [-0.3, -0.25) is 0 Å². The second kappa shape index (κ2) is 6.14. The number of nitrogens with zero attached hydrogens (tertiary/aromatic N) is 2. The Bertz CT molecular complexity index is 131. The van der Waals surface area contributed by atoms with E-state index in [2.05, 4.69) is 11.0 Å². The maximum absolute atomic E-state index is 8.63. The van der Waals surface area contributed by atoms with Crippen molar-refractivity contribution in [2.24, 2.45) is 5.92 Å². The Labute approximate surface area is 68.2 Å². The highest BCUT2D eigenvalue weighted by Crippen LogP contribution is 1.96. The summed E-state index contributed by atoms with van der Waals surface area (Å²) in [5.41, 5.74) is 0. The number of aliphatic hydroxyl groups is 1. The van der Waals surface area contributed by atoms with E-state index in [-0.39, 0.29) is 12.5 Å². The number of rotatable bonds is 5. The zero-order valence-electron chi connectivity index (χ0n) is 7.25. The van der Waals surface area contributed by atoms with Gasteiger partial charge in [0.1, 0.15) is 0 Å². The minimum absolute atomic E-state index is 0.0569. The highest BCUT2D eigenvalue weighted by Gasteiger charge is 2.05. The number of aliphatic hydroxyl groups excluding tert-OH is 1. The molecule has 64 valence electrons. The van der Waals surface area contributed by atoms with E-state index >= 15 is 0 Å². The molecule has 0 aromatic rings.